The molecule has 6 nitrogen and oxygen atoms in total. The van der Waals surface area contributed by atoms with Gasteiger partial charge in [0.05, 0.1) is 0 Å². The molecule has 164 valence electrons. The van der Waals surface area contributed by atoms with E-state index in [0.717, 1.165) is 23.6 Å². The van der Waals surface area contributed by atoms with Crippen LogP contribution in [0.25, 0.3) is 0 Å². The van der Waals surface area contributed by atoms with Crippen LogP contribution in [0, 0.1) is 0 Å². The molecular formula is C16H38O6S3Si2. The first-order valence-electron chi connectivity index (χ1n) is 9.82. The van der Waals surface area contributed by atoms with Gasteiger partial charge in [0.1, 0.15) is 0 Å². The molecule has 0 amide bonds. The minimum atomic E-state index is -2.52. The van der Waals surface area contributed by atoms with Crippen LogP contribution < -0.4 is 0 Å². The Balaban J connectivity index is 4.24. The van der Waals surface area contributed by atoms with Crippen molar-refractivity contribution >= 4 is 49.0 Å². The summed E-state index contributed by atoms with van der Waals surface area (Å²) in [7, 11) is 0.374. The number of hydrogen-bond acceptors (Lipinski definition) is 9. The molecule has 0 bridgehead atoms. The van der Waals surface area contributed by atoms with E-state index >= 15 is 0 Å². The van der Waals surface area contributed by atoms with Crippen molar-refractivity contribution in [3.63, 3.8) is 0 Å². The van der Waals surface area contributed by atoms with Gasteiger partial charge in [0.25, 0.3) is 0 Å². The summed E-state index contributed by atoms with van der Waals surface area (Å²) in [4.78, 5) is 0. The molecule has 0 aliphatic heterocycles. The Morgan fingerprint density at radius 3 is 0.963 bits per heavy atom. The molecule has 0 aromatic carbocycles. The molecule has 0 N–H and O–H groups in total. The highest BCUT2D eigenvalue weighted by Gasteiger charge is 2.41. The molecule has 0 aromatic heterocycles. The first-order valence-corrected chi connectivity index (χ1v) is 17.5. The normalized spacial score (nSPS) is 12.7. The second-order valence-corrected chi connectivity index (χ2v) is 15.1. The Morgan fingerprint density at radius 1 is 0.481 bits per heavy atom. The van der Waals surface area contributed by atoms with Gasteiger partial charge in [0.15, 0.2) is 0 Å². The fraction of sp³-hybridized carbons (Fsp3) is 1.00. The van der Waals surface area contributed by atoms with Gasteiger partial charge in [-0.15, -0.1) is 0 Å². The van der Waals surface area contributed by atoms with Crippen molar-refractivity contribution in [2.24, 2.45) is 0 Å². The SMILES string of the molecule is CCO[Si](CCSSSCC[Si](OCC)(OCC)OCC)(OCC)OCC. The van der Waals surface area contributed by atoms with Crippen LogP contribution in [-0.4, -0.2) is 68.8 Å². The van der Waals surface area contributed by atoms with E-state index in [0.29, 0.717) is 39.6 Å². The fourth-order valence-electron chi connectivity index (χ4n) is 2.44. The summed E-state index contributed by atoms with van der Waals surface area (Å²) >= 11 is 0. The second kappa shape index (κ2) is 18.0. The standard InChI is InChI=1S/C16H38O6S3Si2/c1-7-17-26(18-8-2,19-9-3)15-13-23-25-24-14-16-27(20-10-4,21-11-5)22-12-6/h7-16H2,1-6H3. The van der Waals surface area contributed by atoms with Crippen LogP contribution in [0.4, 0.5) is 0 Å². The van der Waals surface area contributed by atoms with Crippen LogP contribution in [0.1, 0.15) is 41.5 Å². The van der Waals surface area contributed by atoms with Crippen molar-refractivity contribution in [3.8, 4) is 0 Å². The van der Waals surface area contributed by atoms with Gasteiger partial charge in [-0.3, -0.25) is 0 Å². The quantitative estimate of drug-likeness (QED) is 0.135. The summed E-state index contributed by atoms with van der Waals surface area (Å²) in [5.74, 6) is 1.88. The monoisotopic (exact) mass is 478 g/mol. The minimum absolute atomic E-state index is 0.623. The lowest BCUT2D eigenvalue weighted by molar-refractivity contribution is 0.0721. The zero-order valence-corrected chi connectivity index (χ0v) is 22.2. The molecule has 0 saturated heterocycles. The summed E-state index contributed by atoms with van der Waals surface area (Å²) in [6, 6.07) is 1.66. The van der Waals surface area contributed by atoms with Gasteiger partial charge in [0, 0.05) is 63.2 Å². The average molecular weight is 479 g/mol. The van der Waals surface area contributed by atoms with Crippen LogP contribution in [-0.2, 0) is 26.6 Å². The lowest BCUT2D eigenvalue weighted by Gasteiger charge is -2.28. The first kappa shape index (κ1) is 28.2. The van der Waals surface area contributed by atoms with Gasteiger partial charge in [-0.05, 0) is 51.4 Å². The zero-order valence-electron chi connectivity index (χ0n) is 17.7. The molecule has 0 rings (SSSR count). The summed E-state index contributed by atoms with van der Waals surface area (Å²) in [6.45, 7) is 15.7. The van der Waals surface area contributed by atoms with Crippen LogP contribution in [0.3, 0.4) is 0 Å². The molecule has 27 heavy (non-hydrogen) atoms. The Hall–Kier alpha value is 1.24. The number of hydrogen-bond donors (Lipinski definition) is 0. The van der Waals surface area contributed by atoms with Crippen LogP contribution in [0.5, 0.6) is 0 Å². The molecule has 0 aromatic rings. The summed E-state index contributed by atoms with van der Waals surface area (Å²) < 4.78 is 35.3. The Kier molecular flexibility index (Phi) is 18.9. The summed E-state index contributed by atoms with van der Waals surface area (Å²) in [6.07, 6.45) is 0. The summed E-state index contributed by atoms with van der Waals surface area (Å²) in [5, 5.41) is 0. The molecule has 0 spiro atoms. The highest BCUT2D eigenvalue weighted by atomic mass is 33.5. The van der Waals surface area contributed by atoms with Crippen LogP contribution in [0.15, 0.2) is 0 Å². The van der Waals surface area contributed by atoms with Gasteiger partial charge in [0.2, 0.25) is 0 Å². The first-order chi connectivity index (χ1) is 13.1. The third-order valence-corrected chi connectivity index (χ3v) is 14.3. The van der Waals surface area contributed by atoms with E-state index in [1.165, 1.54) is 0 Å². The average Bonchev–Trinajstić information content (AvgIpc) is 2.62. The third kappa shape index (κ3) is 12.5. The van der Waals surface area contributed by atoms with Crippen molar-refractivity contribution in [2.45, 2.75) is 53.6 Å². The van der Waals surface area contributed by atoms with E-state index in [1.54, 1.807) is 9.83 Å². The molecule has 0 aliphatic carbocycles. The van der Waals surface area contributed by atoms with Crippen molar-refractivity contribution in [3.05, 3.63) is 0 Å². The molecule has 0 unspecified atom stereocenters. The highest BCUT2D eigenvalue weighted by molar-refractivity contribution is 9.09. The Morgan fingerprint density at radius 2 is 0.741 bits per heavy atom. The maximum absolute atomic E-state index is 5.88. The minimum Gasteiger partial charge on any atom is -0.374 e. The van der Waals surface area contributed by atoms with Gasteiger partial charge in [-0.2, -0.15) is 0 Å². The van der Waals surface area contributed by atoms with Gasteiger partial charge in [-0.1, -0.05) is 21.6 Å². The van der Waals surface area contributed by atoms with Gasteiger partial charge < -0.3 is 26.6 Å². The zero-order chi connectivity index (χ0) is 20.4. The smallest absolute Gasteiger partial charge is 0.374 e. The van der Waals surface area contributed by atoms with E-state index in [4.69, 9.17) is 26.6 Å². The maximum Gasteiger partial charge on any atom is 0.501 e. The highest BCUT2D eigenvalue weighted by Crippen LogP contribution is 2.37. The fourth-order valence-corrected chi connectivity index (χ4v) is 13.3. The molecule has 0 aliphatic rings. The molecule has 0 atom stereocenters. The largest absolute Gasteiger partial charge is 0.501 e. The Labute approximate surface area is 180 Å². The van der Waals surface area contributed by atoms with Crippen molar-refractivity contribution in [1.82, 2.24) is 0 Å². The third-order valence-electron chi connectivity index (χ3n) is 3.26. The predicted octanol–water partition coefficient (Wildman–Crippen LogP) is 5.11. The van der Waals surface area contributed by atoms with E-state index < -0.39 is 17.6 Å². The van der Waals surface area contributed by atoms with Gasteiger partial charge >= 0.3 is 17.6 Å². The molecule has 0 heterocycles. The van der Waals surface area contributed by atoms with Crippen molar-refractivity contribution in [2.75, 3.05) is 51.1 Å². The molecule has 11 heteroatoms. The summed E-state index contributed by atoms with van der Waals surface area (Å²) in [5.41, 5.74) is 0. The van der Waals surface area contributed by atoms with E-state index in [9.17, 15) is 0 Å². The maximum atomic E-state index is 5.88. The van der Waals surface area contributed by atoms with E-state index in [1.807, 2.05) is 63.1 Å². The van der Waals surface area contributed by atoms with E-state index in [-0.39, 0.29) is 0 Å². The van der Waals surface area contributed by atoms with Crippen molar-refractivity contribution in [1.29, 1.82) is 0 Å². The molecular weight excluding hydrogens is 441 g/mol. The van der Waals surface area contributed by atoms with E-state index in [2.05, 4.69) is 0 Å². The molecule has 0 saturated carbocycles. The topological polar surface area (TPSA) is 55.4 Å². The predicted molar refractivity (Wildman–Crippen MR) is 123 cm³/mol. The Bertz CT molecular complexity index is 281. The molecule has 0 radical (unpaired) electrons. The van der Waals surface area contributed by atoms with Crippen LogP contribution >= 0.6 is 31.4 Å². The van der Waals surface area contributed by atoms with Gasteiger partial charge in [-0.25, -0.2) is 0 Å². The van der Waals surface area contributed by atoms with Crippen LogP contribution in [0.2, 0.25) is 12.1 Å². The number of rotatable bonds is 20. The van der Waals surface area contributed by atoms with Crippen molar-refractivity contribution < 1.29 is 26.6 Å². The molecule has 0 fully saturated rings. The lowest BCUT2D eigenvalue weighted by Crippen LogP contribution is -2.46. The lowest BCUT2D eigenvalue weighted by atomic mass is 10.9. The second-order valence-electron chi connectivity index (χ2n) is 5.18.